The minimum Gasteiger partial charge on any atom is -0.485 e. The molecule has 11 heteroatoms. The second-order valence-electron chi connectivity index (χ2n) is 5.85. The Bertz CT molecular complexity index is 1020. The molecule has 0 saturated heterocycles. The molecule has 6 nitrogen and oxygen atoms in total. The normalized spacial score (nSPS) is 11.8. The lowest BCUT2D eigenvalue weighted by Crippen LogP contribution is -2.29. The van der Waals surface area contributed by atoms with Crippen LogP contribution in [0.3, 0.4) is 0 Å². The third kappa shape index (κ3) is 4.61. The number of rotatable bonds is 6. The Morgan fingerprint density at radius 1 is 1.03 bits per heavy atom. The first-order valence-corrected chi connectivity index (χ1v) is 9.40. The number of carbonyl (C=O) groups is 1. The van der Waals surface area contributed by atoms with Gasteiger partial charge < -0.3 is 13.7 Å². The van der Waals surface area contributed by atoms with E-state index in [-0.39, 0.29) is 6.61 Å². The van der Waals surface area contributed by atoms with Crippen molar-refractivity contribution in [2.45, 2.75) is 26.0 Å². The van der Waals surface area contributed by atoms with Crippen LogP contribution in [0.15, 0.2) is 30.3 Å². The lowest BCUT2D eigenvalue weighted by atomic mass is 10.0. The fourth-order valence-corrected chi connectivity index (χ4v) is 2.94. The zero-order chi connectivity index (χ0) is 22.0. The summed E-state index contributed by atoms with van der Waals surface area (Å²) >= 11 is 0. The Hall–Kier alpha value is -2.82. The maximum atomic E-state index is 14.8. The van der Waals surface area contributed by atoms with Crippen LogP contribution in [0, 0.1) is 19.7 Å². The summed E-state index contributed by atoms with van der Waals surface area (Å²) < 4.78 is 90.1. The second-order valence-corrected chi connectivity index (χ2v) is 7.38. The Morgan fingerprint density at radius 3 is 2.14 bits per heavy atom. The van der Waals surface area contributed by atoms with Crippen molar-refractivity contribution in [3.05, 3.63) is 58.4 Å². The molecule has 0 unspecified atom stereocenters. The van der Waals surface area contributed by atoms with Gasteiger partial charge in [0, 0.05) is 11.1 Å². The number of hydrogen-bond acceptors (Lipinski definition) is 6. The first kappa shape index (κ1) is 22.5. The average Bonchev–Trinajstić information content (AvgIpc) is 2.65. The zero-order valence-electron chi connectivity index (χ0n) is 15.5. The SMILES string of the molecule is COC(=O)c1c(C)c(F)c(OCc2ccccc2)c(C)c1OS(=O)(=O)C(F)(F)F. The maximum Gasteiger partial charge on any atom is 0.534 e. The molecule has 0 bridgehead atoms. The maximum absolute atomic E-state index is 14.8. The van der Waals surface area contributed by atoms with Crippen LogP contribution in [0.2, 0.25) is 0 Å². The Morgan fingerprint density at radius 2 is 1.62 bits per heavy atom. The van der Waals surface area contributed by atoms with Crippen molar-refractivity contribution in [1.29, 1.82) is 0 Å². The number of carbonyl (C=O) groups excluding carboxylic acids is 1. The van der Waals surface area contributed by atoms with Crippen LogP contribution in [0.5, 0.6) is 11.5 Å². The Kier molecular flexibility index (Phi) is 6.41. The summed E-state index contributed by atoms with van der Waals surface area (Å²) in [5, 5.41) is 0. The van der Waals surface area contributed by atoms with E-state index in [0.29, 0.717) is 5.56 Å². The van der Waals surface area contributed by atoms with Gasteiger partial charge in [-0.2, -0.15) is 21.6 Å². The molecule has 158 valence electrons. The van der Waals surface area contributed by atoms with Crippen molar-refractivity contribution in [3.8, 4) is 11.5 Å². The lowest BCUT2D eigenvalue weighted by molar-refractivity contribution is -0.0500. The average molecular weight is 436 g/mol. The highest BCUT2D eigenvalue weighted by Crippen LogP contribution is 2.40. The predicted molar refractivity (Wildman–Crippen MR) is 93.6 cm³/mol. The van der Waals surface area contributed by atoms with E-state index in [2.05, 4.69) is 8.92 Å². The Labute approximate surface area is 164 Å². The summed E-state index contributed by atoms with van der Waals surface area (Å²) in [4.78, 5) is 12.0. The molecule has 0 fully saturated rings. The first-order valence-electron chi connectivity index (χ1n) is 7.99. The van der Waals surface area contributed by atoms with E-state index in [9.17, 15) is 30.8 Å². The topological polar surface area (TPSA) is 78.9 Å². The quantitative estimate of drug-likeness (QED) is 0.294. The first-order chi connectivity index (χ1) is 13.4. The number of hydrogen-bond donors (Lipinski definition) is 0. The van der Waals surface area contributed by atoms with E-state index < -0.39 is 55.6 Å². The fraction of sp³-hybridized carbons (Fsp3) is 0.278. The lowest BCUT2D eigenvalue weighted by Gasteiger charge is -2.20. The van der Waals surface area contributed by atoms with Crippen LogP contribution in [0.4, 0.5) is 17.6 Å². The molecule has 0 radical (unpaired) electrons. The molecule has 2 aromatic carbocycles. The van der Waals surface area contributed by atoms with Gasteiger partial charge in [0.1, 0.15) is 12.2 Å². The standard InChI is InChI=1S/C18H16F4O6S/c1-10-13(17(23)26-3)15(28-29(24,25)18(20,21)22)11(2)16(14(10)19)27-9-12-7-5-4-6-8-12/h4-8H,9H2,1-3H3. The molecule has 2 aromatic rings. The zero-order valence-corrected chi connectivity index (χ0v) is 16.3. The number of esters is 1. The minimum absolute atomic E-state index is 0.166. The van der Waals surface area contributed by atoms with Gasteiger partial charge in [-0.05, 0) is 19.4 Å². The molecule has 0 amide bonds. The number of alkyl halides is 3. The van der Waals surface area contributed by atoms with Gasteiger partial charge in [0.2, 0.25) is 0 Å². The van der Waals surface area contributed by atoms with Crippen LogP contribution >= 0.6 is 0 Å². The van der Waals surface area contributed by atoms with Crippen molar-refractivity contribution in [3.63, 3.8) is 0 Å². The Balaban J connectivity index is 2.62. The largest absolute Gasteiger partial charge is 0.534 e. The van der Waals surface area contributed by atoms with Gasteiger partial charge in [-0.3, -0.25) is 0 Å². The molecule has 2 rings (SSSR count). The number of methoxy groups -OCH3 is 1. The van der Waals surface area contributed by atoms with Gasteiger partial charge in [-0.15, -0.1) is 0 Å². The van der Waals surface area contributed by atoms with E-state index >= 15 is 0 Å². The van der Waals surface area contributed by atoms with Gasteiger partial charge in [0.15, 0.2) is 17.3 Å². The van der Waals surface area contributed by atoms with E-state index in [4.69, 9.17) is 4.74 Å². The fourth-order valence-electron chi connectivity index (χ4n) is 2.42. The third-order valence-corrected chi connectivity index (χ3v) is 4.86. The smallest absolute Gasteiger partial charge is 0.485 e. The van der Waals surface area contributed by atoms with Crippen LogP contribution < -0.4 is 8.92 Å². The van der Waals surface area contributed by atoms with Crippen molar-refractivity contribution in [2.24, 2.45) is 0 Å². The van der Waals surface area contributed by atoms with Gasteiger partial charge in [-0.1, -0.05) is 30.3 Å². The minimum atomic E-state index is -6.14. The monoisotopic (exact) mass is 436 g/mol. The molecule has 0 heterocycles. The van der Waals surface area contributed by atoms with E-state index in [1.807, 2.05) is 0 Å². The van der Waals surface area contributed by atoms with Crippen LogP contribution in [-0.4, -0.2) is 27.0 Å². The van der Waals surface area contributed by atoms with Crippen LogP contribution in [0.25, 0.3) is 0 Å². The molecular weight excluding hydrogens is 420 g/mol. The number of halogens is 4. The molecule has 0 N–H and O–H groups in total. The summed E-state index contributed by atoms with van der Waals surface area (Å²) in [5.41, 5.74) is -6.87. The molecule has 0 aliphatic heterocycles. The van der Waals surface area contributed by atoms with Crippen LogP contribution in [0.1, 0.15) is 27.0 Å². The van der Waals surface area contributed by atoms with E-state index in [1.54, 1.807) is 30.3 Å². The van der Waals surface area contributed by atoms with Crippen molar-refractivity contribution in [1.82, 2.24) is 0 Å². The van der Waals surface area contributed by atoms with E-state index in [0.717, 1.165) is 21.0 Å². The van der Waals surface area contributed by atoms with Gasteiger partial charge in [0.25, 0.3) is 0 Å². The number of benzene rings is 2. The third-order valence-electron chi connectivity index (χ3n) is 3.90. The molecule has 0 saturated carbocycles. The second kappa shape index (κ2) is 8.27. The van der Waals surface area contributed by atoms with E-state index in [1.165, 1.54) is 0 Å². The molecule has 0 atom stereocenters. The predicted octanol–water partition coefficient (Wildman–Crippen LogP) is 4.04. The summed E-state index contributed by atoms with van der Waals surface area (Å²) in [5.74, 6) is -3.90. The van der Waals surface area contributed by atoms with Crippen molar-refractivity contribution in [2.75, 3.05) is 7.11 Å². The highest BCUT2D eigenvalue weighted by molar-refractivity contribution is 7.88. The van der Waals surface area contributed by atoms with Gasteiger partial charge >= 0.3 is 21.6 Å². The van der Waals surface area contributed by atoms with Gasteiger partial charge in [-0.25, -0.2) is 9.18 Å². The summed E-state index contributed by atoms with van der Waals surface area (Å²) in [6, 6.07) is 8.44. The number of ether oxygens (including phenoxy) is 2. The summed E-state index contributed by atoms with van der Waals surface area (Å²) in [6.07, 6.45) is 0. The van der Waals surface area contributed by atoms with Crippen molar-refractivity contribution >= 4 is 16.1 Å². The molecular formula is C18H16F4O6S. The molecule has 0 spiro atoms. The van der Waals surface area contributed by atoms with Gasteiger partial charge in [0.05, 0.1) is 7.11 Å². The highest BCUT2D eigenvalue weighted by atomic mass is 32.2. The molecule has 0 aliphatic carbocycles. The van der Waals surface area contributed by atoms with Crippen LogP contribution in [-0.2, 0) is 21.5 Å². The highest BCUT2D eigenvalue weighted by Gasteiger charge is 2.49. The molecule has 0 aliphatic rings. The molecule has 0 aromatic heterocycles. The summed E-state index contributed by atoms with van der Waals surface area (Å²) in [6.45, 7) is 1.96. The molecule has 29 heavy (non-hydrogen) atoms. The summed E-state index contributed by atoms with van der Waals surface area (Å²) in [7, 11) is -5.24. The van der Waals surface area contributed by atoms with Crippen molar-refractivity contribution < 1.29 is 44.4 Å².